The average molecular weight is 483 g/mol. The van der Waals surface area contributed by atoms with Gasteiger partial charge in [0.25, 0.3) is 5.91 Å². The maximum Gasteiger partial charge on any atom is 0.257 e. The number of carbonyl (C=O) groups is 1. The molecule has 0 fully saturated rings. The molecule has 0 radical (unpaired) electrons. The Bertz CT molecular complexity index is 1110. The maximum atomic E-state index is 13.0. The van der Waals surface area contributed by atoms with E-state index in [9.17, 15) is 4.79 Å². The standard InChI is InChI=1S/C25H30N4O4S/c1-4-31-20-15-18(16-21(32-5-2)23(20)33-6-3)24(30)26-25-28-27-22(34-25)12-14-29-13-11-17-9-7-8-10-19(17)29/h7-10,15-16H,4-6,11-14H2,1-3H3,(H,26,28,30). The topological polar surface area (TPSA) is 85.8 Å². The molecule has 4 rings (SSSR count). The van der Waals surface area contributed by atoms with Crippen LogP contribution in [0.2, 0.25) is 0 Å². The number of amides is 1. The molecule has 0 saturated carbocycles. The van der Waals surface area contributed by atoms with Crippen molar-refractivity contribution in [3.05, 3.63) is 52.5 Å². The molecule has 0 spiro atoms. The minimum absolute atomic E-state index is 0.305. The van der Waals surface area contributed by atoms with Gasteiger partial charge >= 0.3 is 0 Å². The average Bonchev–Trinajstić information content (AvgIpc) is 3.46. The van der Waals surface area contributed by atoms with Gasteiger partial charge in [0.15, 0.2) is 11.5 Å². The molecule has 2 aromatic carbocycles. The lowest BCUT2D eigenvalue weighted by molar-refractivity contribution is 0.102. The Morgan fingerprint density at radius 2 is 1.74 bits per heavy atom. The number of para-hydroxylation sites is 1. The van der Waals surface area contributed by atoms with Crippen LogP contribution in [0.25, 0.3) is 0 Å². The van der Waals surface area contributed by atoms with Crippen molar-refractivity contribution in [2.45, 2.75) is 33.6 Å². The minimum atomic E-state index is -0.305. The van der Waals surface area contributed by atoms with Crippen LogP contribution in [0.3, 0.4) is 0 Å². The van der Waals surface area contributed by atoms with E-state index in [0.29, 0.717) is 47.8 Å². The normalized spacial score (nSPS) is 12.4. The first-order chi connectivity index (χ1) is 16.6. The molecule has 1 aromatic heterocycles. The van der Waals surface area contributed by atoms with Crippen molar-refractivity contribution in [2.75, 3.05) is 43.1 Å². The first kappa shape index (κ1) is 23.8. The third-order valence-corrected chi connectivity index (χ3v) is 6.34. The van der Waals surface area contributed by atoms with Crippen LogP contribution in [0.5, 0.6) is 17.2 Å². The van der Waals surface area contributed by atoms with Gasteiger partial charge in [0, 0.05) is 30.8 Å². The molecule has 9 heteroatoms. The van der Waals surface area contributed by atoms with Crippen molar-refractivity contribution in [1.82, 2.24) is 10.2 Å². The Hall–Kier alpha value is -3.33. The Morgan fingerprint density at radius 1 is 1.03 bits per heavy atom. The van der Waals surface area contributed by atoms with E-state index in [1.807, 2.05) is 20.8 Å². The second-order valence-corrected chi connectivity index (χ2v) is 8.73. The van der Waals surface area contributed by atoms with E-state index in [-0.39, 0.29) is 5.91 Å². The summed E-state index contributed by atoms with van der Waals surface area (Å²) in [6, 6.07) is 11.8. The van der Waals surface area contributed by atoms with Crippen LogP contribution in [0.15, 0.2) is 36.4 Å². The van der Waals surface area contributed by atoms with Crippen LogP contribution >= 0.6 is 11.3 Å². The van der Waals surface area contributed by atoms with Crippen molar-refractivity contribution >= 4 is 28.1 Å². The summed E-state index contributed by atoms with van der Waals surface area (Å²) in [5, 5.41) is 12.6. The highest BCUT2D eigenvalue weighted by molar-refractivity contribution is 7.15. The molecular weight excluding hydrogens is 452 g/mol. The predicted octanol–water partition coefficient (Wildman–Crippen LogP) is 4.59. The molecule has 0 aliphatic carbocycles. The number of aromatic nitrogens is 2. The third kappa shape index (κ3) is 5.41. The lowest BCUT2D eigenvalue weighted by Crippen LogP contribution is -2.23. The molecule has 0 unspecified atom stereocenters. The summed E-state index contributed by atoms with van der Waals surface area (Å²) in [6.07, 6.45) is 1.84. The molecule has 8 nitrogen and oxygen atoms in total. The molecule has 0 saturated heterocycles. The Balaban J connectivity index is 1.43. The highest BCUT2D eigenvalue weighted by Gasteiger charge is 2.21. The van der Waals surface area contributed by atoms with E-state index < -0.39 is 0 Å². The van der Waals surface area contributed by atoms with Crippen LogP contribution in [0.1, 0.15) is 41.7 Å². The van der Waals surface area contributed by atoms with Gasteiger partial charge in [-0.3, -0.25) is 10.1 Å². The quantitative estimate of drug-likeness (QED) is 0.428. The number of nitrogens with zero attached hydrogens (tertiary/aromatic N) is 3. The number of nitrogens with one attached hydrogen (secondary N) is 1. The molecule has 180 valence electrons. The van der Waals surface area contributed by atoms with Gasteiger partial charge < -0.3 is 19.1 Å². The van der Waals surface area contributed by atoms with E-state index in [0.717, 1.165) is 30.9 Å². The van der Waals surface area contributed by atoms with Gasteiger partial charge in [-0.15, -0.1) is 10.2 Å². The first-order valence-electron chi connectivity index (χ1n) is 11.7. The Labute approximate surface area is 203 Å². The van der Waals surface area contributed by atoms with E-state index >= 15 is 0 Å². The summed E-state index contributed by atoms with van der Waals surface area (Å²) in [5.41, 5.74) is 3.09. The van der Waals surface area contributed by atoms with Gasteiger partial charge in [0.1, 0.15) is 5.01 Å². The Kier molecular flexibility index (Phi) is 7.84. The van der Waals surface area contributed by atoms with Crippen molar-refractivity contribution in [3.63, 3.8) is 0 Å². The van der Waals surface area contributed by atoms with Crippen LogP contribution in [0.4, 0.5) is 10.8 Å². The van der Waals surface area contributed by atoms with Crippen LogP contribution in [-0.4, -0.2) is 49.0 Å². The number of ether oxygens (including phenoxy) is 3. The summed E-state index contributed by atoms with van der Waals surface area (Å²) in [5.74, 6) is 1.15. The maximum absolute atomic E-state index is 13.0. The monoisotopic (exact) mass is 482 g/mol. The van der Waals surface area contributed by atoms with Crippen molar-refractivity contribution in [2.24, 2.45) is 0 Å². The second-order valence-electron chi connectivity index (χ2n) is 7.67. The number of carbonyl (C=O) groups excluding carboxylic acids is 1. The van der Waals surface area contributed by atoms with Gasteiger partial charge in [0.2, 0.25) is 10.9 Å². The van der Waals surface area contributed by atoms with Gasteiger partial charge in [-0.05, 0) is 51.0 Å². The zero-order chi connectivity index (χ0) is 23.9. The number of rotatable bonds is 11. The van der Waals surface area contributed by atoms with Gasteiger partial charge in [-0.2, -0.15) is 0 Å². The molecule has 1 aliphatic heterocycles. The minimum Gasteiger partial charge on any atom is -0.490 e. The second kappa shape index (κ2) is 11.2. The molecule has 1 aliphatic rings. The van der Waals surface area contributed by atoms with Crippen molar-refractivity contribution in [1.29, 1.82) is 0 Å². The van der Waals surface area contributed by atoms with Gasteiger partial charge in [-0.1, -0.05) is 29.5 Å². The smallest absolute Gasteiger partial charge is 0.257 e. The predicted molar refractivity (Wildman–Crippen MR) is 134 cm³/mol. The number of hydrogen-bond donors (Lipinski definition) is 1. The summed E-state index contributed by atoms with van der Waals surface area (Å²) in [7, 11) is 0. The van der Waals surface area contributed by atoms with Gasteiger partial charge in [-0.25, -0.2) is 0 Å². The molecule has 1 amide bonds. The highest BCUT2D eigenvalue weighted by atomic mass is 32.1. The van der Waals surface area contributed by atoms with Crippen LogP contribution in [0, 0.1) is 0 Å². The highest BCUT2D eigenvalue weighted by Crippen LogP contribution is 2.39. The summed E-state index contributed by atoms with van der Waals surface area (Å²) >= 11 is 1.39. The number of fused-ring (bicyclic) bond motifs is 1. The van der Waals surface area contributed by atoms with E-state index in [1.54, 1.807) is 12.1 Å². The van der Waals surface area contributed by atoms with Crippen LogP contribution in [-0.2, 0) is 12.8 Å². The lowest BCUT2D eigenvalue weighted by atomic mass is 10.1. The number of hydrogen-bond acceptors (Lipinski definition) is 8. The first-order valence-corrected chi connectivity index (χ1v) is 12.5. The van der Waals surface area contributed by atoms with E-state index in [2.05, 4.69) is 44.7 Å². The van der Waals surface area contributed by atoms with Crippen molar-refractivity contribution in [3.8, 4) is 17.2 Å². The summed E-state index contributed by atoms with van der Waals surface area (Å²) in [4.78, 5) is 15.4. The molecular formula is C25H30N4O4S. The fourth-order valence-corrected chi connectivity index (χ4v) is 4.69. The van der Waals surface area contributed by atoms with Crippen molar-refractivity contribution < 1.29 is 19.0 Å². The van der Waals surface area contributed by atoms with E-state index in [1.165, 1.54) is 22.6 Å². The molecule has 34 heavy (non-hydrogen) atoms. The lowest BCUT2D eigenvalue weighted by Gasteiger charge is -2.18. The molecule has 0 atom stereocenters. The fourth-order valence-electron chi connectivity index (χ4n) is 3.96. The largest absolute Gasteiger partial charge is 0.490 e. The molecule has 1 N–H and O–H groups in total. The van der Waals surface area contributed by atoms with Gasteiger partial charge in [0.05, 0.1) is 19.8 Å². The van der Waals surface area contributed by atoms with Crippen LogP contribution < -0.4 is 24.4 Å². The molecule has 2 heterocycles. The SMILES string of the molecule is CCOc1cc(C(=O)Nc2nnc(CCN3CCc4ccccc43)s2)cc(OCC)c1OCC. The summed E-state index contributed by atoms with van der Waals surface area (Å²) < 4.78 is 17.1. The Morgan fingerprint density at radius 3 is 2.44 bits per heavy atom. The fraction of sp³-hybridized carbons (Fsp3) is 0.400. The molecule has 0 bridgehead atoms. The zero-order valence-corrected chi connectivity index (χ0v) is 20.6. The number of anilines is 2. The summed E-state index contributed by atoms with van der Waals surface area (Å²) in [6.45, 7) is 8.89. The molecule has 3 aromatic rings. The number of benzene rings is 2. The zero-order valence-electron chi connectivity index (χ0n) is 19.8. The van der Waals surface area contributed by atoms with E-state index in [4.69, 9.17) is 14.2 Å². The third-order valence-electron chi connectivity index (χ3n) is 5.44.